The average Bonchev–Trinajstić information content (AvgIpc) is 3.22. The molecule has 0 radical (unpaired) electrons. The number of hydrogen-bond donors (Lipinski definition) is 2. The van der Waals surface area contributed by atoms with Gasteiger partial charge in [-0.3, -0.25) is 4.79 Å². The zero-order chi connectivity index (χ0) is 23.2. The first-order valence-electron chi connectivity index (χ1n) is 9.96. The number of sulfonamides is 1. The lowest BCUT2D eigenvalue weighted by Gasteiger charge is -2.17. The second kappa shape index (κ2) is 8.31. The van der Waals surface area contributed by atoms with Gasteiger partial charge in [-0.1, -0.05) is 19.1 Å². The van der Waals surface area contributed by atoms with Gasteiger partial charge in [-0.25, -0.2) is 17.5 Å². The van der Waals surface area contributed by atoms with E-state index in [9.17, 15) is 13.2 Å². The number of methoxy groups -OCH3 is 1. The van der Waals surface area contributed by atoms with Crippen LogP contribution in [-0.2, 0) is 10.0 Å². The Morgan fingerprint density at radius 3 is 2.66 bits per heavy atom. The van der Waals surface area contributed by atoms with Crippen molar-refractivity contribution >= 4 is 42.3 Å². The van der Waals surface area contributed by atoms with E-state index < -0.39 is 15.8 Å². The summed E-state index contributed by atoms with van der Waals surface area (Å²) in [6.45, 7) is 3.75. The first-order chi connectivity index (χ1) is 15.1. The Hall–Kier alpha value is -2.75. The van der Waals surface area contributed by atoms with Crippen molar-refractivity contribution < 1.29 is 17.5 Å². The summed E-state index contributed by atoms with van der Waals surface area (Å²) in [4.78, 5) is 15.5. The molecule has 4 rings (SSSR count). The number of aryl methyl sites for hydroxylation is 1. The third-order valence-electron chi connectivity index (χ3n) is 5.56. The van der Waals surface area contributed by atoms with Crippen LogP contribution in [0.3, 0.4) is 0 Å². The van der Waals surface area contributed by atoms with E-state index in [-0.39, 0.29) is 18.0 Å². The van der Waals surface area contributed by atoms with Gasteiger partial charge < -0.3 is 9.72 Å². The Morgan fingerprint density at radius 1 is 1.25 bits per heavy atom. The van der Waals surface area contributed by atoms with E-state index in [4.69, 9.17) is 4.74 Å². The fraction of sp³-hybridized carbons (Fsp3) is 0.261. The molecule has 1 unspecified atom stereocenters. The van der Waals surface area contributed by atoms with E-state index in [1.54, 1.807) is 26.2 Å². The number of aromatic amines is 1. The fourth-order valence-electron chi connectivity index (χ4n) is 3.99. The van der Waals surface area contributed by atoms with Gasteiger partial charge in [-0.2, -0.15) is 0 Å². The molecule has 0 aliphatic rings. The molecule has 2 aromatic heterocycles. The largest absolute Gasteiger partial charge is 0.496 e. The lowest BCUT2D eigenvalue weighted by atomic mass is 9.92. The van der Waals surface area contributed by atoms with Crippen LogP contribution in [0.1, 0.15) is 24.0 Å². The molecule has 0 spiro atoms. The fourth-order valence-corrected chi connectivity index (χ4v) is 5.33. The smallest absolute Gasteiger partial charge is 0.266 e. The predicted molar refractivity (Wildman–Crippen MR) is 128 cm³/mol. The summed E-state index contributed by atoms with van der Waals surface area (Å²) in [5.74, 6) is -0.212. The minimum atomic E-state index is -3.36. The van der Waals surface area contributed by atoms with Gasteiger partial charge in [0.15, 0.2) is 0 Å². The molecule has 2 aromatic carbocycles. The van der Waals surface area contributed by atoms with Crippen LogP contribution in [0.2, 0.25) is 0 Å². The van der Waals surface area contributed by atoms with Gasteiger partial charge in [-0.05, 0) is 53.1 Å². The molecule has 168 valence electrons. The van der Waals surface area contributed by atoms with Gasteiger partial charge in [0.2, 0.25) is 10.0 Å². The Morgan fingerprint density at radius 2 is 2.00 bits per heavy atom. The summed E-state index contributed by atoms with van der Waals surface area (Å²) < 4.78 is 46.6. The number of H-pyrrole nitrogens is 1. The van der Waals surface area contributed by atoms with Crippen molar-refractivity contribution in [1.29, 1.82) is 0 Å². The molecule has 0 bridgehead atoms. The number of thiophene rings is 1. The van der Waals surface area contributed by atoms with Crippen molar-refractivity contribution in [3.8, 4) is 16.9 Å². The molecule has 1 atom stereocenters. The molecule has 6 nitrogen and oxygen atoms in total. The van der Waals surface area contributed by atoms with Crippen molar-refractivity contribution in [2.75, 3.05) is 19.9 Å². The van der Waals surface area contributed by atoms with Crippen LogP contribution in [0, 0.1) is 12.7 Å². The number of fused-ring (bicyclic) bond motifs is 3. The second-order valence-electron chi connectivity index (χ2n) is 7.90. The van der Waals surface area contributed by atoms with Crippen LogP contribution in [0.25, 0.3) is 32.1 Å². The highest BCUT2D eigenvalue weighted by atomic mass is 32.2. The summed E-state index contributed by atoms with van der Waals surface area (Å²) >= 11 is 1.35. The summed E-state index contributed by atoms with van der Waals surface area (Å²) in [5.41, 5.74) is 3.09. The quantitative estimate of drug-likeness (QED) is 0.430. The van der Waals surface area contributed by atoms with Gasteiger partial charge in [-0.15, -0.1) is 11.3 Å². The van der Waals surface area contributed by atoms with Gasteiger partial charge in [0.1, 0.15) is 16.3 Å². The van der Waals surface area contributed by atoms with Gasteiger partial charge >= 0.3 is 0 Å². The third-order valence-corrected chi connectivity index (χ3v) is 7.16. The number of ether oxygens (including phenoxy) is 1. The number of rotatable bonds is 6. The van der Waals surface area contributed by atoms with Crippen LogP contribution in [0.5, 0.6) is 5.75 Å². The second-order valence-corrected chi connectivity index (χ2v) is 10.6. The van der Waals surface area contributed by atoms with Gasteiger partial charge in [0.05, 0.1) is 18.9 Å². The van der Waals surface area contributed by atoms with Crippen molar-refractivity contribution in [2.24, 2.45) is 0 Å². The maximum absolute atomic E-state index is 15.2. The van der Waals surface area contributed by atoms with E-state index in [1.165, 1.54) is 17.4 Å². The number of nitrogens with one attached hydrogen (secondary N) is 2. The summed E-state index contributed by atoms with van der Waals surface area (Å²) in [6.07, 6.45) is 1.07. The van der Waals surface area contributed by atoms with E-state index >= 15 is 4.39 Å². The maximum Gasteiger partial charge on any atom is 0.266 e. The standard InChI is InChI=1S/C23H23FN2O4S2/c1-12-9-18(30-3)19(20-16-7-8-31-22(16)23(27)26-21(12)20)14-5-6-15(17(24)10-14)13(2)11-25-32(4,28)29/h5-10,13,25H,11H2,1-4H3,(H,26,27). The number of hydrogen-bond acceptors (Lipinski definition) is 5. The minimum Gasteiger partial charge on any atom is -0.496 e. The van der Waals surface area contributed by atoms with Gasteiger partial charge in [0.25, 0.3) is 5.56 Å². The van der Waals surface area contributed by atoms with Crippen molar-refractivity contribution in [2.45, 2.75) is 19.8 Å². The maximum atomic E-state index is 15.2. The summed E-state index contributed by atoms with van der Waals surface area (Å²) in [6, 6.07) is 8.62. The van der Waals surface area contributed by atoms with Crippen LogP contribution in [0.15, 0.2) is 40.5 Å². The Kier molecular flexibility index (Phi) is 5.83. The molecule has 2 heterocycles. The number of pyridine rings is 1. The highest BCUT2D eigenvalue weighted by Gasteiger charge is 2.20. The van der Waals surface area contributed by atoms with Gasteiger partial charge in [0, 0.05) is 22.9 Å². The molecule has 0 saturated heterocycles. The molecule has 4 aromatic rings. The zero-order valence-corrected chi connectivity index (χ0v) is 19.7. The number of aromatic nitrogens is 1. The Labute approximate surface area is 189 Å². The summed E-state index contributed by atoms with van der Waals surface area (Å²) in [5, 5.41) is 3.45. The molecule has 32 heavy (non-hydrogen) atoms. The third kappa shape index (κ3) is 4.03. The van der Waals surface area contributed by atoms with E-state index in [0.29, 0.717) is 32.7 Å². The van der Waals surface area contributed by atoms with E-state index in [0.717, 1.165) is 22.6 Å². The van der Waals surface area contributed by atoms with Crippen LogP contribution in [-0.4, -0.2) is 33.3 Å². The Bertz CT molecular complexity index is 1510. The summed E-state index contributed by atoms with van der Waals surface area (Å²) in [7, 11) is -1.80. The first kappa shape index (κ1) is 22.4. The molecule has 0 fully saturated rings. The van der Waals surface area contributed by atoms with Crippen LogP contribution >= 0.6 is 11.3 Å². The normalized spacial score (nSPS) is 13.0. The molecule has 0 amide bonds. The molecule has 0 saturated carbocycles. The van der Waals surface area contributed by atoms with E-state index in [2.05, 4.69) is 9.71 Å². The molecule has 2 N–H and O–H groups in total. The molecule has 0 aliphatic heterocycles. The predicted octanol–water partition coefficient (Wildman–Crippen LogP) is 4.52. The Balaban J connectivity index is 1.92. The molecule has 9 heteroatoms. The highest BCUT2D eigenvalue weighted by molar-refractivity contribution is 7.88. The lowest BCUT2D eigenvalue weighted by Crippen LogP contribution is -2.26. The molecular formula is C23H23FN2O4S2. The molecule has 0 aliphatic carbocycles. The van der Waals surface area contributed by atoms with Crippen molar-refractivity contribution in [3.63, 3.8) is 0 Å². The van der Waals surface area contributed by atoms with Crippen LogP contribution < -0.4 is 15.0 Å². The lowest BCUT2D eigenvalue weighted by molar-refractivity contribution is 0.416. The first-order valence-corrected chi connectivity index (χ1v) is 12.7. The minimum absolute atomic E-state index is 0.0998. The number of halogens is 1. The van der Waals surface area contributed by atoms with Crippen LogP contribution in [0.4, 0.5) is 4.39 Å². The highest BCUT2D eigenvalue weighted by Crippen LogP contribution is 2.42. The topological polar surface area (TPSA) is 88.3 Å². The van der Waals surface area contributed by atoms with Crippen molar-refractivity contribution in [3.05, 3.63) is 63.0 Å². The average molecular weight is 475 g/mol. The SMILES string of the molecule is COc1cc(C)c2[nH]c(=O)c3sccc3c2c1-c1ccc(C(C)CNS(C)(=O)=O)c(F)c1. The molecular weight excluding hydrogens is 451 g/mol. The number of benzene rings is 2. The van der Waals surface area contributed by atoms with Crippen molar-refractivity contribution in [1.82, 2.24) is 9.71 Å². The zero-order valence-electron chi connectivity index (χ0n) is 18.1. The van der Waals surface area contributed by atoms with E-state index in [1.807, 2.05) is 24.4 Å². The monoisotopic (exact) mass is 474 g/mol.